The van der Waals surface area contributed by atoms with E-state index in [1.807, 2.05) is 16.7 Å². The first-order valence-electron chi connectivity index (χ1n) is 8.93. The standard InChI is InChI=1S/C20H21FN4O/c21-17-6-3-15(4-7-17)18-13-25-12-16(5-8-19(25)24-18)20(26)23-11-14-2-1-9-22-10-14/h3-8,12-14,22H,1-2,9-11H2,(H,23,26)/t14-/m1/s1. The molecule has 0 spiro atoms. The lowest BCUT2D eigenvalue weighted by Gasteiger charge is -2.22. The summed E-state index contributed by atoms with van der Waals surface area (Å²) in [6.07, 6.45) is 5.94. The average Bonchev–Trinajstić information content (AvgIpc) is 3.10. The maximum atomic E-state index is 13.1. The van der Waals surface area contributed by atoms with Crippen molar-refractivity contribution >= 4 is 11.6 Å². The Morgan fingerprint density at radius 2 is 2.08 bits per heavy atom. The van der Waals surface area contributed by atoms with Gasteiger partial charge in [0.15, 0.2) is 0 Å². The second kappa shape index (κ2) is 7.25. The summed E-state index contributed by atoms with van der Waals surface area (Å²) >= 11 is 0. The zero-order valence-corrected chi connectivity index (χ0v) is 14.4. The zero-order valence-electron chi connectivity index (χ0n) is 14.4. The van der Waals surface area contributed by atoms with E-state index < -0.39 is 0 Å². The summed E-state index contributed by atoms with van der Waals surface area (Å²) in [6, 6.07) is 9.83. The van der Waals surface area contributed by atoms with Gasteiger partial charge in [0.05, 0.1) is 11.3 Å². The highest BCUT2D eigenvalue weighted by molar-refractivity contribution is 5.94. The molecule has 5 nitrogen and oxygen atoms in total. The Labute approximate surface area is 151 Å². The molecular weight excluding hydrogens is 331 g/mol. The van der Waals surface area contributed by atoms with Gasteiger partial charge in [-0.25, -0.2) is 9.37 Å². The smallest absolute Gasteiger partial charge is 0.252 e. The molecule has 1 aliphatic heterocycles. The second-order valence-electron chi connectivity index (χ2n) is 6.74. The second-order valence-corrected chi connectivity index (χ2v) is 6.74. The number of nitrogens with zero attached hydrogens (tertiary/aromatic N) is 2. The van der Waals surface area contributed by atoms with Gasteiger partial charge in [0.1, 0.15) is 11.5 Å². The molecule has 1 amide bonds. The molecule has 0 aliphatic carbocycles. The highest BCUT2D eigenvalue weighted by Gasteiger charge is 2.15. The predicted octanol–water partition coefficient (Wildman–Crippen LogP) is 2.87. The molecule has 3 aromatic rings. The minimum absolute atomic E-state index is 0.0745. The maximum Gasteiger partial charge on any atom is 0.252 e. The molecule has 1 atom stereocenters. The number of piperidine rings is 1. The SMILES string of the molecule is O=C(NC[C@@H]1CCCNC1)c1ccc2nc(-c3ccc(F)cc3)cn2c1. The van der Waals surface area contributed by atoms with E-state index in [9.17, 15) is 9.18 Å². The largest absolute Gasteiger partial charge is 0.352 e. The van der Waals surface area contributed by atoms with Gasteiger partial charge in [0.25, 0.3) is 5.91 Å². The molecule has 1 saturated heterocycles. The Balaban J connectivity index is 1.49. The van der Waals surface area contributed by atoms with Gasteiger partial charge in [0, 0.05) is 24.5 Å². The van der Waals surface area contributed by atoms with Crippen LogP contribution in [0.2, 0.25) is 0 Å². The van der Waals surface area contributed by atoms with E-state index in [4.69, 9.17) is 0 Å². The predicted molar refractivity (Wildman–Crippen MR) is 98.5 cm³/mol. The van der Waals surface area contributed by atoms with Crippen LogP contribution in [0.1, 0.15) is 23.2 Å². The molecular formula is C20H21FN4O. The first kappa shape index (κ1) is 16.7. The molecule has 0 saturated carbocycles. The number of carbonyl (C=O) groups excluding carboxylic acids is 1. The molecule has 1 fully saturated rings. The molecule has 0 unspecified atom stereocenters. The normalized spacial score (nSPS) is 17.3. The minimum Gasteiger partial charge on any atom is -0.352 e. The quantitative estimate of drug-likeness (QED) is 0.759. The van der Waals surface area contributed by atoms with E-state index in [1.54, 1.807) is 24.4 Å². The van der Waals surface area contributed by atoms with Crippen LogP contribution in [0.3, 0.4) is 0 Å². The minimum atomic E-state index is -0.273. The van der Waals surface area contributed by atoms with Crippen molar-refractivity contribution in [2.24, 2.45) is 5.92 Å². The number of rotatable bonds is 4. The van der Waals surface area contributed by atoms with Crippen molar-refractivity contribution in [3.05, 3.63) is 60.2 Å². The lowest BCUT2D eigenvalue weighted by Crippen LogP contribution is -2.38. The number of pyridine rings is 1. The van der Waals surface area contributed by atoms with Gasteiger partial charge in [-0.3, -0.25) is 4.79 Å². The highest BCUT2D eigenvalue weighted by atomic mass is 19.1. The van der Waals surface area contributed by atoms with E-state index in [0.29, 0.717) is 18.0 Å². The van der Waals surface area contributed by atoms with E-state index in [-0.39, 0.29) is 11.7 Å². The fourth-order valence-corrected chi connectivity index (χ4v) is 3.32. The molecule has 6 heteroatoms. The maximum absolute atomic E-state index is 13.1. The number of nitrogens with one attached hydrogen (secondary N) is 2. The lowest BCUT2D eigenvalue weighted by atomic mass is 10.00. The third-order valence-corrected chi connectivity index (χ3v) is 4.80. The van der Waals surface area contributed by atoms with Crippen LogP contribution in [-0.4, -0.2) is 34.9 Å². The molecule has 0 bridgehead atoms. The average molecular weight is 352 g/mol. The number of hydrogen-bond donors (Lipinski definition) is 2. The van der Waals surface area contributed by atoms with Gasteiger partial charge in [-0.05, 0) is 68.2 Å². The van der Waals surface area contributed by atoms with Crippen molar-refractivity contribution in [3.8, 4) is 11.3 Å². The molecule has 26 heavy (non-hydrogen) atoms. The Bertz CT molecular complexity index is 913. The van der Waals surface area contributed by atoms with E-state index in [1.165, 1.54) is 12.1 Å². The van der Waals surface area contributed by atoms with Crippen molar-refractivity contribution < 1.29 is 9.18 Å². The van der Waals surface area contributed by atoms with Crippen molar-refractivity contribution in [1.29, 1.82) is 0 Å². The van der Waals surface area contributed by atoms with Gasteiger partial charge in [0.2, 0.25) is 0 Å². The van der Waals surface area contributed by atoms with Crippen LogP contribution in [0.15, 0.2) is 48.8 Å². The number of fused-ring (bicyclic) bond motifs is 1. The van der Waals surface area contributed by atoms with Crippen molar-refractivity contribution in [3.63, 3.8) is 0 Å². The Hall–Kier alpha value is -2.73. The Morgan fingerprint density at radius 1 is 1.23 bits per heavy atom. The van der Waals surface area contributed by atoms with E-state index >= 15 is 0 Å². The van der Waals surface area contributed by atoms with Crippen molar-refractivity contribution in [2.45, 2.75) is 12.8 Å². The Morgan fingerprint density at radius 3 is 2.85 bits per heavy atom. The fourth-order valence-electron chi connectivity index (χ4n) is 3.32. The molecule has 1 aliphatic rings. The number of aromatic nitrogens is 2. The van der Waals surface area contributed by atoms with Crippen molar-refractivity contribution in [1.82, 2.24) is 20.0 Å². The summed E-state index contributed by atoms with van der Waals surface area (Å²) in [5.41, 5.74) is 2.93. The molecule has 3 heterocycles. The fraction of sp³-hybridized carbons (Fsp3) is 0.300. The molecule has 0 radical (unpaired) electrons. The van der Waals surface area contributed by atoms with Crippen LogP contribution >= 0.6 is 0 Å². The molecule has 134 valence electrons. The summed E-state index contributed by atoms with van der Waals surface area (Å²) in [6.45, 7) is 2.72. The van der Waals surface area contributed by atoms with Gasteiger partial charge in [-0.15, -0.1) is 0 Å². The third kappa shape index (κ3) is 3.60. The molecule has 1 aromatic carbocycles. The van der Waals surface area contributed by atoms with Crippen LogP contribution in [0.25, 0.3) is 16.9 Å². The van der Waals surface area contributed by atoms with E-state index in [0.717, 1.165) is 42.8 Å². The number of amides is 1. The van der Waals surface area contributed by atoms with Crippen LogP contribution in [0.4, 0.5) is 4.39 Å². The summed E-state index contributed by atoms with van der Waals surface area (Å²) in [5, 5.41) is 6.38. The zero-order chi connectivity index (χ0) is 17.9. The molecule has 4 rings (SSSR count). The van der Waals surface area contributed by atoms with Crippen LogP contribution in [-0.2, 0) is 0 Å². The monoisotopic (exact) mass is 352 g/mol. The first-order chi connectivity index (χ1) is 12.7. The highest BCUT2D eigenvalue weighted by Crippen LogP contribution is 2.20. The van der Waals surface area contributed by atoms with Gasteiger partial charge in [-0.2, -0.15) is 0 Å². The number of imidazole rings is 1. The summed E-state index contributed by atoms with van der Waals surface area (Å²) in [4.78, 5) is 17.0. The van der Waals surface area contributed by atoms with Crippen LogP contribution in [0.5, 0.6) is 0 Å². The summed E-state index contributed by atoms with van der Waals surface area (Å²) < 4.78 is 14.9. The van der Waals surface area contributed by atoms with Gasteiger partial charge in [-0.1, -0.05) is 0 Å². The van der Waals surface area contributed by atoms with Gasteiger partial charge < -0.3 is 15.0 Å². The van der Waals surface area contributed by atoms with Crippen LogP contribution < -0.4 is 10.6 Å². The number of hydrogen-bond acceptors (Lipinski definition) is 3. The summed E-state index contributed by atoms with van der Waals surface area (Å²) in [7, 11) is 0. The topological polar surface area (TPSA) is 58.4 Å². The third-order valence-electron chi connectivity index (χ3n) is 4.80. The van der Waals surface area contributed by atoms with E-state index in [2.05, 4.69) is 15.6 Å². The molecule has 2 aromatic heterocycles. The van der Waals surface area contributed by atoms with Gasteiger partial charge >= 0.3 is 0 Å². The van der Waals surface area contributed by atoms with Crippen molar-refractivity contribution in [2.75, 3.05) is 19.6 Å². The number of halogens is 1. The lowest BCUT2D eigenvalue weighted by molar-refractivity contribution is 0.0944. The van der Waals surface area contributed by atoms with Crippen LogP contribution in [0, 0.1) is 11.7 Å². The number of carbonyl (C=O) groups is 1. The first-order valence-corrected chi connectivity index (χ1v) is 8.93. The summed E-state index contributed by atoms with van der Waals surface area (Å²) in [5.74, 6) is 0.147. The Kier molecular flexibility index (Phi) is 4.67. The molecule has 2 N–H and O–H groups in total. The number of benzene rings is 1.